The quantitative estimate of drug-likeness (QED) is 0.895. The second-order valence-electron chi connectivity index (χ2n) is 7.27. The third-order valence-electron chi connectivity index (χ3n) is 4.39. The third-order valence-corrected chi connectivity index (χ3v) is 4.39. The summed E-state index contributed by atoms with van der Waals surface area (Å²) in [5.41, 5.74) is 7.71. The molecule has 1 aromatic rings. The van der Waals surface area contributed by atoms with E-state index in [9.17, 15) is 4.79 Å². The lowest BCUT2D eigenvalue weighted by Crippen LogP contribution is -2.39. The number of nitrogens with two attached hydrogens (primary N) is 1. The number of carbonyl (C=O) groups excluding carboxylic acids is 1. The molecule has 1 amide bonds. The largest absolute Gasteiger partial charge is 0.384 e. The van der Waals surface area contributed by atoms with E-state index in [2.05, 4.69) is 24.1 Å². The van der Waals surface area contributed by atoms with Gasteiger partial charge in [-0.15, -0.1) is 0 Å². The van der Waals surface area contributed by atoms with Gasteiger partial charge in [0.15, 0.2) is 0 Å². The van der Waals surface area contributed by atoms with Crippen molar-refractivity contribution in [2.24, 2.45) is 5.41 Å². The van der Waals surface area contributed by atoms with Crippen LogP contribution in [0, 0.1) is 5.41 Å². The summed E-state index contributed by atoms with van der Waals surface area (Å²) in [5.74, 6) is 0.641. The van der Waals surface area contributed by atoms with Crippen LogP contribution in [0.5, 0.6) is 0 Å². The first-order valence-electron chi connectivity index (χ1n) is 7.85. The molecule has 0 aromatic carbocycles. The van der Waals surface area contributed by atoms with Crippen LogP contribution in [0.15, 0.2) is 12.1 Å². The SMILES string of the molecule is CC(C)c1cc(C(=O)NC2CCC(C)(C)CC2)cc(N)n1. The summed E-state index contributed by atoms with van der Waals surface area (Å²) >= 11 is 0. The summed E-state index contributed by atoms with van der Waals surface area (Å²) in [7, 11) is 0. The Kier molecular flexibility index (Phi) is 4.55. The topological polar surface area (TPSA) is 68.0 Å². The molecule has 1 heterocycles. The van der Waals surface area contributed by atoms with Crippen LogP contribution in [0.3, 0.4) is 0 Å². The summed E-state index contributed by atoms with van der Waals surface area (Å²) < 4.78 is 0. The van der Waals surface area contributed by atoms with Crippen LogP contribution in [-0.2, 0) is 0 Å². The van der Waals surface area contributed by atoms with Crippen molar-refractivity contribution in [2.75, 3.05) is 5.73 Å². The summed E-state index contributed by atoms with van der Waals surface area (Å²) in [4.78, 5) is 16.7. The summed E-state index contributed by atoms with van der Waals surface area (Å²) in [6.07, 6.45) is 4.42. The number of nitrogens with zero attached hydrogens (tertiary/aromatic N) is 1. The number of hydrogen-bond donors (Lipinski definition) is 2. The van der Waals surface area contributed by atoms with Crippen molar-refractivity contribution in [3.8, 4) is 0 Å². The minimum atomic E-state index is -0.0318. The smallest absolute Gasteiger partial charge is 0.251 e. The number of hydrogen-bond acceptors (Lipinski definition) is 3. The number of carbonyl (C=O) groups is 1. The molecule has 4 nitrogen and oxygen atoms in total. The number of anilines is 1. The van der Waals surface area contributed by atoms with E-state index in [1.54, 1.807) is 6.07 Å². The fraction of sp³-hybridized carbons (Fsp3) is 0.647. The maximum atomic E-state index is 12.4. The zero-order valence-electron chi connectivity index (χ0n) is 13.6. The van der Waals surface area contributed by atoms with Gasteiger partial charge in [-0.25, -0.2) is 4.98 Å². The zero-order chi connectivity index (χ0) is 15.6. The molecular formula is C17H27N3O. The van der Waals surface area contributed by atoms with E-state index < -0.39 is 0 Å². The highest BCUT2D eigenvalue weighted by atomic mass is 16.1. The number of nitrogens with one attached hydrogen (secondary N) is 1. The molecule has 1 aliphatic carbocycles. The molecule has 1 fully saturated rings. The second kappa shape index (κ2) is 6.04. The van der Waals surface area contributed by atoms with Crippen LogP contribution in [0.1, 0.15) is 75.3 Å². The fourth-order valence-corrected chi connectivity index (χ4v) is 2.81. The first-order valence-corrected chi connectivity index (χ1v) is 7.85. The summed E-state index contributed by atoms with van der Waals surface area (Å²) in [5, 5.41) is 3.14. The molecule has 21 heavy (non-hydrogen) atoms. The van der Waals surface area contributed by atoms with Gasteiger partial charge in [-0.1, -0.05) is 27.7 Å². The molecule has 1 aliphatic rings. The fourth-order valence-electron chi connectivity index (χ4n) is 2.81. The van der Waals surface area contributed by atoms with Crippen molar-refractivity contribution >= 4 is 11.7 Å². The van der Waals surface area contributed by atoms with Gasteiger partial charge < -0.3 is 11.1 Å². The molecule has 1 saturated carbocycles. The van der Waals surface area contributed by atoms with Crippen LogP contribution in [-0.4, -0.2) is 16.9 Å². The molecule has 4 heteroatoms. The van der Waals surface area contributed by atoms with E-state index in [4.69, 9.17) is 5.73 Å². The summed E-state index contributed by atoms with van der Waals surface area (Å²) in [6.45, 7) is 8.69. The monoisotopic (exact) mass is 289 g/mol. The molecule has 0 spiro atoms. The number of nitrogen functional groups attached to an aromatic ring is 1. The zero-order valence-corrected chi connectivity index (χ0v) is 13.6. The van der Waals surface area contributed by atoms with Crippen molar-refractivity contribution in [3.63, 3.8) is 0 Å². The lowest BCUT2D eigenvalue weighted by molar-refractivity contribution is 0.0909. The Morgan fingerprint density at radius 1 is 1.33 bits per heavy atom. The molecule has 2 rings (SSSR count). The van der Waals surface area contributed by atoms with E-state index in [0.717, 1.165) is 31.4 Å². The van der Waals surface area contributed by atoms with Gasteiger partial charge in [0.05, 0.1) is 0 Å². The maximum Gasteiger partial charge on any atom is 0.251 e. The van der Waals surface area contributed by atoms with E-state index in [1.807, 2.05) is 19.9 Å². The molecule has 0 bridgehead atoms. The van der Waals surface area contributed by atoms with Crippen molar-refractivity contribution in [1.29, 1.82) is 0 Å². The van der Waals surface area contributed by atoms with Crippen molar-refractivity contribution in [1.82, 2.24) is 10.3 Å². The number of amides is 1. The van der Waals surface area contributed by atoms with Crippen LogP contribution in [0.25, 0.3) is 0 Å². The predicted molar refractivity (Wildman–Crippen MR) is 86.2 cm³/mol. The number of rotatable bonds is 3. The lowest BCUT2D eigenvalue weighted by Gasteiger charge is -2.34. The number of aromatic nitrogens is 1. The van der Waals surface area contributed by atoms with Crippen molar-refractivity contribution in [2.45, 2.75) is 65.3 Å². The second-order valence-corrected chi connectivity index (χ2v) is 7.27. The Morgan fingerprint density at radius 3 is 2.52 bits per heavy atom. The molecular weight excluding hydrogens is 262 g/mol. The van der Waals surface area contributed by atoms with Crippen LogP contribution >= 0.6 is 0 Å². The molecule has 3 N–H and O–H groups in total. The van der Waals surface area contributed by atoms with Crippen LogP contribution in [0.2, 0.25) is 0 Å². The molecule has 0 saturated heterocycles. The number of pyridine rings is 1. The van der Waals surface area contributed by atoms with Crippen LogP contribution < -0.4 is 11.1 Å². The normalized spacial score (nSPS) is 18.7. The third kappa shape index (κ3) is 4.19. The van der Waals surface area contributed by atoms with Gasteiger partial charge >= 0.3 is 0 Å². The standard InChI is InChI=1S/C17H27N3O/c1-11(2)14-9-12(10-15(18)20-14)16(21)19-13-5-7-17(3,4)8-6-13/h9-11,13H,5-8H2,1-4H3,(H2,18,20)(H,19,21). The summed E-state index contributed by atoms with van der Waals surface area (Å²) in [6, 6.07) is 3.79. The van der Waals surface area contributed by atoms with Crippen molar-refractivity contribution < 1.29 is 4.79 Å². The Hall–Kier alpha value is -1.58. The Morgan fingerprint density at radius 2 is 1.95 bits per heavy atom. The Bertz CT molecular complexity index is 513. The molecule has 0 unspecified atom stereocenters. The van der Waals surface area contributed by atoms with Gasteiger partial charge in [-0.05, 0) is 49.1 Å². The van der Waals surface area contributed by atoms with Crippen molar-refractivity contribution in [3.05, 3.63) is 23.4 Å². The van der Waals surface area contributed by atoms with Gasteiger partial charge in [-0.2, -0.15) is 0 Å². The Balaban J connectivity index is 2.04. The first-order chi connectivity index (χ1) is 9.77. The van der Waals surface area contributed by atoms with Gasteiger partial charge in [0.2, 0.25) is 0 Å². The van der Waals surface area contributed by atoms with E-state index in [1.165, 1.54) is 0 Å². The molecule has 0 aliphatic heterocycles. The molecule has 0 atom stereocenters. The molecule has 116 valence electrons. The Labute approximate surface area is 127 Å². The van der Waals surface area contributed by atoms with Gasteiger partial charge in [0.25, 0.3) is 5.91 Å². The lowest BCUT2D eigenvalue weighted by atomic mass is 9.75. The average Bonchev–Trinajstić information content (AvgIpc) is 2.40. The van der Waals surface area contributed by atoms with E-state index >= 15 is 0 Å². The van der Waals surface area contributed by atoms with Crippen LogP contribution in [0.4, 0.5) is 5.82 Å². The highest BCUT2D eigenvalue weighted by molar-refractivity contribution is 5.95. The minimum Gasteiger partial charge on any atom is -0.384 e. The van der Waals surface area contributed by atoms with Gasteiger partial charge in [0, 0.05) is 17.3 Å². The van der Waals surface area contributed by atoms with E-state index in [-0.39, 0.29) is 17.9 Å². The molecule has 0 radical (unpaired) electrons. The highest BCUT2D eigenvalue weighted by Gasteiger charge is 2.27. The van der Waals surface area contributed by atoms with Gasteiger partial charge in [-0.3, -0.25) is 4.79 Å². The van der Waals surface area contributed by atoms with Gasteiger partial charge in [0.1, 0.15) is 5.82 Å². The predicted octanol–water partition coefficient (Wildman–Crippen LogP) is 3.49. The maximum absolute atomic E-state index is 12.4. The average molecular weight is 289 g/mol. The first kappa shape index (κ1) is 15.8. The molecule has 1 aromatic heterocycles. The van der Waals surface area contributed by atoms with E-state index in [0.29, 0.717) is 16.8 Å². The minimum absolute atomic E-state index is 0.0318. The highest BCUT2D eigenvalue weighted by Crippen LogP contribution is 2.35.